The second kappa shape index (κ2) is 17.1. The number of aromatic nitrogens is 2. The van der Waals surface area contributed by atoms with Gasteiger partial charge in [-0.15, -0.1) is 10.8 Å². The van der Waals surface area contributed by atoms with E-state index in [1.807, 2.05) is 18.2 Å². The Hall–Kier alpha value is -5.72. The quantitative estimate of drug-likeness (QED) is 0.102. The number of non-ortho nitro benzene ring substituents is 2. The number of nitrogens with zero attached hydrogens (tertiary/aromatic N) is 8. The van der Waals surface area contributed by atoms with E-state index >= 15 is 0 Å². The number of para-hydroxylation sites is 1. The first-order chi connectivity index (χ1) is 23.0. The van der Waals surface area contributed by atoms with Crippen molar-refractivity contribution in [3.8, 4) is 22.9 Å². The Morgan fingerprint density at radius 3 is 1.70 bits per heavy atom. The van der Waals surface area contributed by atoms with Gasteiger partial charge in [0.15, 0.2) is 0 Å². The zero-order chi connectivity index (χ0) is 34.4. The van der Waals surface area contributed by atoms with Crippen molar-refractivity contribution in [1.82, 2.24) is 9.78 Å². The van der Waals surface area contributed by atoms with E-state index in [1.165, 1.54) is 10.7 Å². The predicted octanol–water partition coefficient (Wildman–Crippen LogP) is 2.81. The third kappa shape index (κ3) is 8.84. The Bertz CT molecular complexity index is 2290. The molecule has 50 heavy (non-hydrogen) atoms. The maximum atomic E-state index is 12.4. The van der Waals surface area contributed by atoms with Gasteiger partial charge in [-0.05, 0) is 17.5 Å². The summed E-state index contributed by atoms with van der Waals surface area (Å²) in [5, 5.41) is 77.6. The first-order valence-corrected chi connectivity index (χ1v) is 13.8. The molecule has 1 heterocycles. The van der Waals surface area contributed by atoms with Crippen LogP contribution in [0.4, 0.5) is 34.1 Å². The van der Waals surface area contributed by atoms with Gasteiger partial charge in [-0.25, -0.2) is 0 Å². The number of azo groups is 2. The third-order valence-corrected chi connectivity index (χ3v) is 6.67. The number of nitro groups is 2. The van der Waals surface area contributed by atoms with Gasteiger partial charge in [0.2, 0.25) is 0 Å². The zero-order valence-electron chi connectivity index (χ0n) is 26.0. The molecule has 0 radical (unpaired) electrons. The third-order valence-electron chi connectivity index (χ3n) is 6.67. The van der Waals surface area contributed by atoms with E-state index in [2.05, 4.69) is 25.6 Å². The average Bonchev–Trinajstić information content (AvgIpc) is 3.37. The van der Waals surface area contributed by atoms with Crippen LogP contribution in [0.2, 0.25) is 0 Å². The molecule has 5 aromatic carbocycles. The second-order valence-corrected chi connectivity index (χ2v) is 9.84. The van der Waals surface area contributed by atoms with Crippen molar-refractivity contribution in [2.24, 2.45) is 20.5 Å². The summed E-state index contributed by atoms with van der Waals surface area (Å²) in [6.07, 6.45) is 0. The monoisotopic (exact) mass is 726 g/mol. The summed E-state index contributed by atoms with van der Waals surface area (Å²) >= 11 is 0. The maximum Gasteiger partial charge on any atom is 3.00 e. The van der Waals surface area contributed by atoms with Gasteiger partial charge in [0.25, 0.3) is 16.9 Å². The largest absolute Gasteiger partial charge is 3.00 e. The first-order valence-electron chi connectivity index (χ1n) is 13.8. The fourth-order valence-electron chi connectivity index (χ4n) is 4.30. The van der Waals surface area contributed by atoms with Crippen molar-refractivity contribution in [2.75, 3.05) is 0 Å². The molecule has 18 heteroatoms. The van der Waals surface area contributed by atoms with Gasteiger partial charge < -0.3 is 25.1 Å². The van der Waals surface area contributed by atoms with Crippen LogP contribution in [0, 0.1) is 27.2 Å². The molecular weight excluding hydrogens is 706 g/mol. The van der Waals surface area contributed by atoms with Gasteiger partial charge in [0, 0.05) is 35.3 Å². The number of hydrogen-bond acceptors (Lipinski definition) is 12. The molecule has 0 aliphatic heterocycles. The molecule has 1 aromatic heterocycles. The molecule has 0 unspecified atom stereocenters. The summed E-state index contributed by atoms with van der Waals surface area (Å²) in [5.41, 5.74) is -0.500. The van der Waals surface area contributed by atoms with E-state index in [9.17, 15) is 40.3 Å². The minimum Gasteiger partial charge on any atom is -0.871 e. The molecule has 0 saturated heterocycles. The maximum absolute atomic E-state index is 12.4. The summed E-state index contributed by atoms with van der Waals surface area (Å²) in [5.74, 6) is -1.38. The Kier molecular flexibility index (Phi) is 13.2. The Labute approximate surface area is 314 Å². The van der Waals surface area contributed by atoms with Crippen LogP contribution in [0.3, 0.4) is 0 Å². The fraction of sp³-hybridized carbons (Fsp3) is 0.0312. The summed E-state index contributed by atoms with van der Waals surface area (Å²) in [7, 11) is 0. The number of rotatable bonds is 7. The molecule has 6 rings (SSSR count). The molecule has 0 saturated carbocycles. The fourth-order valence-corrected chi connectivity index (χ4v) is 4.30. The SMILES string of the molecule is Cc1[n-]n(-c2ccccc2)c(=O)c1N=Nc1cc([N+](=O)[O-])ccc1[O-].O=[N+]([O-])c1ccc([O-])c(N=Nc2c([O-])ccc3ccccc23)c1.[Co+3].[Na+]. The molecule has 0 aliphatic rings. The van der Waals surface area contributed by atoms with Crippen molar-refractivity contribution in [2.45, 2.75) is 6.92 Å². The van der Waals surface area contributed by atoms with Crippen LogP contribution in [0.5, 0.6) is 17.2 Å². The standard InChI is InChI=1S/C16H13N5O4.C16H11N3O4.Co.Na/c1-10-15(16(23)20(19-10)11-5-3-2-4-6-11)18-17-13-9-12(21(24)25)7-8-14(13)22;20-14-8-6-11(19(22)23)9-13(14)17-18-16-12-4-2-1-3-10(12)5-7-15(16)21;;/h2-9H,1H3,(H2,17,18,19,22,23);1-9,20-21H;;/q;;+3;+1/p-4. The number of nitro benzene ring substituents is 2. The molecule has 0 amide bonds. The van der Waals surface area contributed by atoms with E-state index in [-0.39, 0.29) is 86.2 Å². The summed E-state index contributed by atoms with van der Waals surface area (Å²) in [6.45, 7) is 1.58. The normalized spacial score (nSPS) is 10.7. The van der Waals surface area contributed by atoms with Gasteiger partial charge in [0.1, 0.15) is 5.69 Å². The van der Waals surface area contributed by atoms with Crippen LogP contribution >= 0.6 is 0 Å². The Morgan fingerprint density at radius 2 is 1.14 bits per heavy atom. The minimum atomic E-state index is -0.643. The topological polar surface area (TPSA) is 241 Å². The van der Waals surface area contributed by atoms with Crippen molar-refractivity contribution in [3.05, 3.63) is 139 Å². The van der Waals surface area contributed by atoms with Crippen molar-refractivity contribution in [1.29, 1.82) is 0 Å². The zero-order valence-corrected chi connectivity index (χ0v) is 29.0. The van der Waals surface area contributed by atoms with Gasteiger partial charge in [-0.1, -0.05) is 90.9 Å². The number of fused-ring (bicyclic) bond motifs is 1. The molecule has 0 bridgehead atoms. The van der Waals surface area contributed by atoms with E-state index in [4.69, 9.17) is 0 Å². The van der Waals surface area contributed by atoms with Crippen molar-refractivity contribution in [3.63, 3.8) is 0 Å². The van der Waals surface area contributed by atoms with E-state index in [1.54, 1.807) is 49.4 Å². The summed E-state index contributed by atoms with van der Waals surface area (Å²) < 4.78 is 1.18. The van der Waals surface area contributed by atoms with E-state index in [0.717, 1.165) is 41.8 Å². The second-order valence-electron chi connectivity index (χ2n) is 9.84. The smallest absolute Gasteiger partial charge is 0.871 e. The molecule has 0 fully saturated rings. The van der Waals surface area contributed by atoms with Crippen LogP contribution < -0.4 is 55.5 Å². The Morgan fingerprint density at radius 1 is 0.640 bits per heavy atom. The molecule has 246 valence electrons. The molecule has 16 nitrogen and oxygen atoms in total. The van der Waals surface area contributed by atoms with Crippen LogP contribution in [-0.4, -0.2) is 14.5 Å². The predicted molar refractivity (Wildman–Crippen MR) is 167 cm³/mol. The minimum absolute atomic E-state index is 0. The van der Waals surface area contributed by atoms with Crippen LogP contribution in [-0.2, 0) is 16.8 Å². The van der Waals surface area contributed by atoms with Crippen LogP contribution in [0.15, 0.2) is 128 Å². The van der Waals surface area contributed by atoms with Gasteiger partial charge in [-0.3, -0.25) is 25.0 Å². The Balaban J connectivity index is 0.000000261. The molecule has 6 aromatic rings. The van der Waals surface area contributed by atoms with Gasteiger partial charge in [-0.2, -0.15) is 15.3 Å². The molecule has 0 aliphatic carbocycles. The first kappa shape index (κ1) is 38.7. The summed E-state index contributed by atoms with van der Waals surface area (Å²) in [4.78, 5) is 32.7. The van der Waals surface area contributed by atoms with E-state index < -0.39 is 26.9 Å². The molecule has 0 atom stereocenters. The van der Waals surface area contributed by atoms with Crippen molar-refractivity contribution >= 4 is 44.9 Å². The molecule has 0 N–H and O–H groups in total. The van der Waals surface area contributed by atoms with Gasteiger partial charge in [0.05, 0.1) is 26.9 Å². The number of benzene rings is 5. The molecular formula is C32H20CoN8NaO8. The van der Waals surface area contributed by atoms with Gasteiger partial charge >= 0.3 is 46.3 Å². The van der Waals surface area contributed by atoms with Crippen molar-refractivity contribution < 1.29 is 71.5 Å². The summed E-state index contributed by atoms with van der Waals surface area (Å²) in [6, 6.07) is 25.2. The van der Waals surface area contributed by atoms with E-state index in [0.29, 0.717) is 16.8 Å². The van der Waals surface area contributed by atoms with Crippen LogP contribution in [0.25, 0.3) is 16.5 Å². The number of hydrogen-bond donors (Lipinski definition) is 0. The molecule has 0 spiro atoms. The average molecular weight is 726 g/mol. The van der Waals surface area contributed by atoms with Crippen LogP contribution in [0.1, 0.15) is 5.69 Å². The number of aryl methyl sites for hydroxylation is 1.